The highest BCUT2D eigenvalue weighted by Gasteiger charge is 2.26. The Labute approximate surface area is 112 Å². The van der Waals surface area contributed by atoms with E-state index in [-0.39, 0.29) is 17.4 Å². The second-order valence-electron chi connectivity index (χ2n) is 4.95. The molecule has 1 aliphatic heterocycles. The minimum atomic E-state index is -1.91. The van der Waals surface area contributed by atoms with Gasteiger partial charge in [0.15, 0.2) is 0 Å². The first-order valence-electron chi connectivity index (χ1n) is 6.47. The fourth-order valence-corrected chi connectivity index (χ4v) is 2.44. The molecule has 1 heterocycles. The van der Waals surface area contributed by atoms with Crippen LogP contribution in [-0.2, 0) is 0 Å². The lowest BCUT2D eigenvalue weighted by atomic mass is 9.79. The van der Waals surface area contributed by atoms with Gasteiger partial charge in [0.05, 0.1) is 0 Å². The number of halogens is 1. The summed E-state index contributed by atoms with van der Waals surface area (Å²) in [7, 11) is -1.91. The minimum absolute atomic E-state index is 0.161. The number of benzene rings is 1. The van der Waals surface area contributed by atoms with Crippen molar-refractivity contribution in [1.82, 2.24) is 4.90 Å². The summed E-state index contributed by atoms with van der Waals surface area (Å²) in [6.07, 6.45) is 3.03. The summed E-state index contributed by atoms with van der Waals surface area (Å²) in [5.74, 6) is -0.910. The van der Waals surface area contributed by atoms with Gasteiger partial charge in [-0.05, 0) is 44.4 Å². The number of carbonyl (C=O) groups excluding carboxylic acids is 1. The molecule has 2 N–H and O–H groups in total. The van der Waals surface area contributed by atoms with E-state index in [0.29, 0.717) is 12.1 Å². The summed E-state index contributed by atoms with van der Waals surface area (Å²) in [6, 6.07) is 3.85. The third-order valence-corrected chi connectivity index (χ3v) is 3.58. The topological polar surface area (TPSA) is 60.8 Å². The molecule has 0 saturated carbocycles. The molecule has 1 aliphatic rings. The van der Waals surface area contributed by atoms with E-state index in [4.69, 9.17) is 10.0 Å². The van der Waals surface area contributed by atoms with Crippen LogP contribution in [-0.4, -0.2) is 40.6 Å². The van der Waals surface area contributed by atoms with Crippen molar-refractivity contribution >= 4 is 18.5 Å². The average molecular weight is 265 g/mol. The van der Waals surface area contributed by atoms with Crippen LogP contribution in [0.15, 0.2) is 18.2 Å². The third kappa shape index (κ3) is 2.96. The van der Waals surface area contributed by atoms with Gasteiger partial charge in [-0.25, -0.2) is 4.39 Å². The van der Waals surface area contributed by atoms with Gasteiger partial charge in [-0.15, -0.1) is 0 Å². The van der Waals surface area contributed by atoms with E-state index in [1.807, 2.05) is 6.92 Å². The number of amides is 1. The van der Waals surface area contributed by atoms with E-state index in [0.717, 1.165) is 25.3 Å². The van der Waals surface area contributed by atoms with Crippen molar-refractivity contribution in [3.8, 4) is 0 Å². The van der Waals surface area contributed by atoms with Gasteiger partial charge >= 0.3 is 7.12 Å². The van der Waals surface area contributed by atoms with E-state index in [1.54, 1.807) is 4.90 Å². The van der Waals surface area contributed by atoms with E-state index >= 15 is 0 Å². The van der Waals surface area contributed by atoms with Gasteiger partial charge in [-0.2, -0.15) is 0 Å². The largest absolute Gasteiger partial charge is 0.491 e. The molecule has 4 nitrogen and oxygen atoms in total. The van der Waals surface area contributed by atoms with Crippen molar-refractivity contribution in [3.05, 3.63) is 29.6 Å². The molecule has 0 unspecified atom stereocenters. The number of rotatable bonds is 2. The Kier molecular flexibility index (Phi) is 4.22. The summed E-state index contributed by atoms with van der Waals surface area (Å²) < 4.78 is 13.4. The highest BCUT2D eigenvalue weighted by molar-refractivity contribution is 6.58. The number of piperidine rings is 1. The maximum Gasteiger partial charge on any atom is 0.491 e. The summed E-state index contributed by atoms with van der Waals surface area (Å²) in [6.45, 7) is 2.68. The molecule has 1 amide bonds. The van der Waals surface area contributed by atoms with Crippen molar-refractivity contribution in [1.29, 1.82) is 0 Å². The maximum absolute atomic E-state index is 13.4. The first kappa shape index (κ1) is 14.0. The Morgan fingerprint density at radius 1 is 1.42 bits per heavy atom. The van der Waals surface area contributed by atoms with Gasteiger partial charge in [0.1, 0.15) is 5.82 Å². The molecule has 102 valence electrons. The Morgan fingerprint density at radius 3 is 2.79 bits per heavy atom. The van der Waals surface area contributed by atoms with E-state index in [9.17, 15) is 9.18 Å². The number of nitrogens with zero attached hydrogens (tertiary/aromatic N) is 1. The van der Waals surface area contributed by atoms with Crippen LogP contribution < -0.4 is 5.46 Å². The average Bonchev–Trinajstić information content (AvgIpc) is 2.38. The van der Waals surface area contributed by atoms with E-state index in [1.165, 1.54) is 12.1 Å². The third-order valence-electron chi connectivity index (χ3n) is 3.58. The standard InChI is InChI=1S/C13H17BFNO3/c1-9-4-2-3-7-16(9)13(17)10-5-6-12(15)11(8-10)14(18)19/h5-6,8-9,18-19H,2-4,7H2,1H3/t9-/m0/s1. The molecule has 1 saturated heterocycles. The van der Waals surface area contributed by atoms with Gasteiger partial charge in [-0.1, -0.05) is 0 Å². The molecule has 1 aromatic carbocycles. The molecule has 1 atom stereocenters. The Balaban J connectivity index is 2.26. The minimum Gasteiger partial charge on any atom is -0.423 e. The molecule has 0 bridgehead atoms. The molecule has 0 aromatic heterocycles. The van der Waals surface area contributed by atoms with Crippen LogP contribution in [0, 0.1) is 5.82 Å². The second kappa shape index (κ2) is 5.71. The number of carbonyl (C=O) groups is 1. The Morgan fingerprint density at radius 2 is 2.16 bits per heavy atom. The van der Waals surface area contributed by atoms with Crippen LogP contribution >= 0.6 is 0 Å². The lowest BCUT2D eigenvalue weighted by Gasteiger charge is -2.33. The monoisotopic (exact) mass is 265 g/mol. The van der Waals surface area contributed by atoms with Crippen LogP contribution in [0.2, 0.25) is 0 Å². The smallest absolute Gasteiger partial charge is 0.423 e. The zero-order valence-electron chi connectivity index (χ0n) is 10.8. The van der Waals surface area contributed by atoms with Crippen molar-refractivity contribution in [2.24, 2.45) is 0 Å². The first-order valence-corrected chi connectivity index (χ1v) is 6.47. The molecule has 1 fully saturated rings. The van der Waals surface area contributed by atoms with Crippen LogP contribution in [0.25, 0.3) is 0 Å². The van der Waals surface area contributed by atoms with E-state index in [2.05, 4.69) is 0 Å². The van der Waals surface area contributed by atoms with Gasteiger partial charge in [0, 0.05) is 23.6 Å². The Hall–Kier alpha value is -1.40. The van der Waals surface area contributed by atoms with Gasteiger partial charge in [0.25, 0.3) is 5.91 Å². The molecule has 1 aromatic rings. The number of hydrogen-bond donors (Lipinski definition) is 2. The molecule has 0 aliphatic carbocycles. The lowest BCUT2D eigenvalue weighted by Crippen LogP contribution is -2.42. The maximum atomic E-state index is 13.4. The van der Waals surface area contributed by atoms with Gasteiger partial charge in [-0.3, -0.25) is 4.79 Å². The number of likely N-dealkylation sites (tertiary alicyclic amines) is 1. The SMILES string of the molecule is C[C@H]1CCCCN1C(=O)c1ccc(F)c(B(O)O)c1. The quantitative estimate of drug-likeness (QED) is 0.766. The van der Waals surface area contributed by atoms with Gasteiger partial charge < -0.3 is 14.9 Å². The van der Waals surface area contributed by atoms with Crippen molar-refractivity contribution < 1.29 is 19.2 Å². The Bertz CT molecular complexity index is 481. The predicted octanol–water partition coefficient (Wildman–Crippen LogP) is 0.520. The molecule has 2 rings (SSSR count). The van der Waals surface area contributed by atoms with Crippen LogP contribution in [0.5, 0.6) is 0 Å². The van der Waals surface area contributed by atoms with Crippen molar-refractivity contribution in [2.75, 3.05) is 6.54 Å². The van der Waals surface area contributed by atoms with Crippen LogP contribution in [0.1, 0.15) is 36.5 Å². The summed E-state index contributed by atoms with van der Waals surface area (Å²) in [5.41, 5.74) is 0.0220. The van der Waals surface area contributed by atoms with Crippen LogP contribution in [0.3, 0.4) is 0 Å². The molecule has 0 radical (unpaired) electrons. The number of hydrogen-bond acceptors (Lipinski definition) is 3. The summed E-state index contributed by atoms with van der Waals surface area (Å²) >= 11 is 0. The van der Waals surface area contributed by atoms with E-state index < -0.39 is 12.9 Å². The molecular weight excluding hydrogens is 248 g/mol. The predicted molar refractivity (Wildman–Crippen MR) is 70.6 cm³/mol. The summed E-state index contributed by atoms with van der Waals surface area (Å²) in [4.78, 5) is 14.1. The zero-order valence-corrected chi connectivity index (χ0v) is 10.8. The molecule has 6 heteroatoms. The molecule has 0 spiro atoms. The molecular formula is C13H17BFNO3. The van der Waals surface area contributed by atoms with Crippen LogP contribution in [0.4, 0.5) is 4.39 Å². The highest BCUT2D eigenvalue weighted by atomic mass is 19.1. The van der Waals surface area contributed by atoms with Crippen molar-refractivity contribution in [3.63, 3.8) is 0 Å². The summed E-state index contributed by atoms with van der Waals surface area (Å²) in [5, 5.41) is 18.1. The van der Waals surface area contributed by atoms with Crippen molar-refractivity contribution in [2.45, 2.75) is 32.2 Å². The molecule has 19 heavy (non-hydrogen) atoms. The lowest BCUT2D eigenvalue weighted by molar-refractivity contribution is 0.0635. The zero-order chi connectivity index (χ0) is 14.0. The fraction of sp³-hybridized carbons (Fsp3) is 0.462. The fourth-order valence-electron chi connectivity index (χ4n) is 2.44. The normalized spacial score (nSPS) is 19.4. The first-order chi connectivity index (χ1) is 9.00. The van der Waals surface area contributed by atoms with Gasteiger partial charge in [0.2, 0.25) is 0 Å². The highest BCUT2D eigenvalue weighted by Crippen LogP contribution is 2.19. The second-order valence-corrected chi connectivity index (χ2v) is 4.95.